The number of methoxy groups -OCH3 is 1. The van der Waals surface area contributed by atoms with Crippen LogP contribution in [0.25, 0.3) is 0 Å². The summed E-state index contributed by atoms with van der Waals surface area (Å²) in [6.45, 7) is 15.0. The van der Waals surface area contributed by atoms with Crippen molar-refractivity contribution in [1.82, 2.24) is 0 Å². The first-order valence-electron chi connectivity index (χ1n) is 9.69. The average molecular weight is 364 g/mol. The fraction of sp³-hybridized carbons (Fsp3) is 0.696. The van der Waals surface area contributed by atoms with Crippen LogP contribution in [0.1, 0.15) is 73.8 Å². The maximum Gasteiger partial charge on any atom is 0.227 e. The maximum atomic E-state index is 12.9. The Hall–Kier alpha value is -1.51. The molecule has 26 heavy (non-hydrogen) atoms. The number of anilines is 1. The van der Waals surface area contributed by atoms with Crippen molar-refractivity contribution in [2.45, 2.75) is 75.2 Å². The molecule has 1 aromatic carbocycles. The predicted octanol–water partition coefficient (Wildman–Crippen LogP) is 6.70. The minimum absolute atomic E-state index is 0. The lowest BCUT2D eigenvalue weighted by molar-refractivity contribution is -0.125. The van der Waals surface area contributed by atoms with Crippen LogP contribution in [0.3, 0.4) is 0 Å². The minimum atomic E-state index is 0. The second kappa shape index (κ2) is 10.6. The van der Waals surface area contributed by atoms with Crippen LogP contribution in [0.2, 0.25) is 0 Å². The van der Waals surface area contributed by atoms with Gasteiger partial charge < -0.3 is 10.1 Å². The standard InChI is InChI=1S/C20H31NO2.C2H6.CH4/c1-13(2)16-9-10-20(4,5)12-17(16)19(22)21-18-8-7-15(23-6)11-14(18)3;1-2;/h7-8,11,13,16-17H,9-10,12H2,1-6H3,(H,21,22);1-2H3;1H4. The lowest BCUT2D eigenvalue weighted by atomic mass is 9.64. The van der Waals surface area contributed by atoms with E-state index in [9.17, 15) is 4.79 Å². The van der Waals surface area contributed by atoms with Gasteiger partial charge in [0.15, 0.2) is 0 Å². The summed E-state index contributed by atoms with van der Waals surface area (Å²) in [6.07, 6.45) is 3.32. The van der Waals surface area contributed by atoms with Gasteiger partial charge >= 0.3 is 0 Å². The second-order valence-electron chi connectivity index (χ2n) is 8.09. The van der Waals surface area contributed by atoms with Crippen molar-refractivity contribution in [2.24, 2.45) is 23.2 Å². The highest BCUT2D eigenvalue weighted by atomic mass is 16.5. The van der Waals surface area contributed by atoms with E-state index in [0.29, 0.717) is 11.8 Å². The highest BCUT2D eigenvalue weighted by Crippen LogP contribution is 2.45. The van der Waals surface area contributed by atoms with Gasteiger partial charge in [0, 0.05) is 11.6 Å². The molecular weight excluding hydrogens is 322 g/mol. The summed E-state index contributed by atoms with van der Waals surface area (Å²) < 4.78 is 5.23. The molecule has 1 N–H and O–H groups in total. The topological polar surface area (TPSA) is 38.3 Å². The monoisotopic (exact) mass is 363 g/mol. The maximum absolute atomic E-state index is 12.9. The number of aryl methyl sites for hydroxylation is 1. The van der Waals surface area contributed by atoms with Gasteiger partial charge in [-0.05, 0) is 67.2 Å². The summed E-state index contributed by atoms with van der Waals surface area (Å²) >= 11 is 0. The van der Waals surface area contributed by atoms with E-state index in [1.54, 1.807) is 7.11 Å². The van der Waals surface area contributed by atoms with E-state index < -0.39 is 0 Å². The van der Waals surface area contributed by atoms with Crippen LogP contribution >= 0.6 is 0 Å². The molecule has 150 valence electrons. The molecule has 1 aromatic rings. The molecule has 0 spiro atoms. The third-order valence-electron chi connectivity index (χ3n) is 5.33. The Morgan fingerprint density at radius 3 is 2.38 bits per heavy atom. The second-order valence-corrected chi connectivity index (χ2v) is 8.09. The molecule has 3 heteroatoms. The lowest BCUT2D eigenvalue weighted by Crippen LogP contribution is -2.39. The molecule has 1 saturated carbocycles. The van der Waals surface area contributed by atoms with Crippen LogP contribution in [0.4, 0.5) is 5.69 Å². The largest absolute Gasteiger partial charge is 0.497 e. The van der Waals surface area contributed by atoms with Crippen LogP contribution in [0, 0.1) is 30.1 Å². The normalized spacial score (nSPS) is 21.1. The van der Waals surface area contributed by atoms with E-state index in [0.717, 1.165) is 29.8 Å². The van der Waals surface area contributed by atoms with Crippen molar-refractivity contribution >= 4 is 11.6 Å². The number of rotatable bonds is 4. The van der Waals surface area contributed by atoms with E-state index in [1.165, 1.54) is 6.42 Å². The van der Waals surface area contributed by atoms with Gasteiger partial charge in [-0.15, -0.1) is 0 Å². The van der Waals surface area contributed by atoms with Crippen molar-refractivity contribution in [3.63, 3.8) is 0 Å². The average Bonchev–Trinajstić information content (AvgIpc) is 2.57. The number of benzene rings is 1. The molecule has 0 aromatic heterocycles. The zero-order valence-electron chi connectivity index (χ0n) is 17.4. The summed E-state index contributed by atoms with van der Waals surface area (Å²) in [5, 5.41) is 3.16. The molecule has 2 rings (SSSR count). The Bertz CT molecular complexity index is 563. The van der Waals surface area contributed by atoms with Gasteiger partial charge in [0.25, 0.3) is 0 Å². The zero-order valence-corrected chi connectivity index (χ0v) is 17.4. The molecule has 3 nitrogen and oxygen atoms in total. The molecule has 2 unspecified atom stereocenters. The Morgan fingerprint density at radius 2 is 1.88 bits per heavy atom. The summed E-state index contributed by atoms with van der Waals surface area (Å²) in [5.74, 6) is 2.10. The van der Waals surface area contributed by atoms with Crippen molar-refractivity contribution in [1.29, 1.82) is 0 Å². The van der Waals surface area contributed by atoms with Crippen LogP contribution in [0.5, 0.6) is 5.75 Å². The summed E-state index contributed by atoms with van der Waals surface area (Å²) in [4.78, 5) is 12.9. The smallest absolute Gasteiger partial charge is 0.227 e. The Morgan fingerprint density at radius 1 is 1.27 bits per heavy atom. The van der Waals surface area contributed by atoms with E-state index in [1.807, 2.05) is 39.0 Å². The molecule has 0 aliphatic heterocycles. The first-order chi connectivity index (χ1) is 11.7. The van der Waals surface area contributed by atoms with E-state index in [4.69, 9.17) is 4.74 Å². The van der Waals surface area contributed by atoms with Gasteiger partial charge in [0.2, 0.25) is 5.91 Å². The summed E-state index contributed by atoms with van der Waals surface area (Å²) in [5.41, 5.74) is 2.18. The number of nitrogens with one attached hydrogen (secondary N) is 1. The van der Waals surface area contributed by atoms with Gasteiger partial charge in [-0.2, -0.15) is 0 Å². The molecule has 0 saturated heterocycles. The van der Waals surface area contributed by atoms with Crippen LogP contribution < -0.4 is 10.1 Å². The first kappa shape index (κ1) is 24.5. The number of hydrogen-bond acceptors (Lipinski definition) is 2. The van der Waals surface area contributed by atoms with Crippen molar-refractivity contribution in [3.8, 4) is 5.75 Å². The van der Waals surface area contributed by atoms with Crippen LogP contribution in [-0.4, -0.2) is 13.0 Å². The van der Waals surface area contributed by atoms with Gasteiger partial charge in [0.1, 0.15) is 5.75 Å². The third-order valence-corrected chi connectivity index (χ3v) is 5.33. The lowest BCUT2D eigenvalue weighted by Gasteiger charge is -2.41. The molecule has 2 atom stereocenters. The van der Waals surface area contributed by atoms with E-state index >= 15 is 0 Å². The third kappa shape index (κ3) is 6.34. The first-order valence-corrected chi connectivity index (χ1v) is 9.69. The fourth-order valence-corrected chi connectivity index (χ4v) is 3.82. The Kier molecular flexibility index (Phi) is 9.98. The molecule has 0 radical (unpaired) electrons. The zero-order chi connectivity index (χ0) is 19.2. The van der Waals surface area contributed by atoms with Gasteiger partial charge in [-0.3, -0.25) is 4.79 Å². The van der Waals surface area contributed by atoms with Gasteiger partial charge in [-0.25, -0.2) is 0 Å². The van der Waals surface area contributed by atoms with Gasteiger partial charge in [0.05, 0.1) is 7.11 Å². The van der Waals surface area contributed by atoms with Crippen LogP contribution in [0.15, 0.2) is 18.2 Å². The molecular formula is C23H41NO2. The van der Waals surface area contributed by atoms with Crippen molar-refractivity contribution in [2.75, 3.05) is 12.4 Å². The fourth-order valence-electron chi connectivity index (χ4n) is 3.82. The minimum Gasteiger partial charge on any atom is -0.497 e. The van der Waals surface area contributed by atoms with Crippen LogP contribution in [-0.2, 0) is 4.79 Å². The highest BCUT2D eigenvalue weighted by Gasteiger charge is 2.40. The number of amides is 1. The molecule has 0 bridgehead atoms. The SMILES string of the molecule is C.CC.COc1ccc(NC(=O)C2CC(C)(C)CCC2C(C)C)c(C)c1. The molecule has 1 aliphatic rings. The molecule has 1 aliphatic carbocycles. The number of carbonyl (C=O) groups is 1. The molecule has 1 amide bonds. The number of carbonyl (C=O) groups excluding carboxylic acids is 1. The van der Waals surface area contributed by atoms with Crippen molar-refractivity contribution < 1.29 is 9.53 Å². The predicted molar refractivity (Wildman–Crippen MR) is 114 cm³/mol. The Labute approximate surface area is 161 Å². The van der Waals surface area contributed by atoms with Crippen molar-refractivity contribution in [3.05, 3.63) is 23.8 Å². The van der Waals surface area contributed by atoms with E-state index in [2.05, 4.69) is 33.0 Å². The summed E-state index contributed by atoms with van der Waals surface area (Å²) in [6, 6.07) is 5.79. The number of hydrogen-bond donors (Lipinski definition) is 1. The quantitative estimate of drug-likeness (QED) is 0.646. The van der Waals surface area contributed by atoms with E-state index in [-0.39, 0.29) is 24.7 Å². The highest BCUT2D eigenvalue weighted by molar-refractivity contribution is 5.93. The Balaban J connectivity index is 0.00000201. The van der Waals surface area contributed by atoms with Gasteiger partial charge in [-0.1, -0.05) is 49.0 Å². The number of ether oxygens (including phenoxy) is 1. The summed E-state index contributed by atoms with van der Waals surface area (Å²) in [7, 11) is 1.66. The molecule has 0 heterocycles. The molecule has 1 fully saturated rings.